The van der Waals surface area contributed by atoms with E-state index in [4.69, 9.17) is 5.73 Å². The van der Waals surface area contributed by atoms with Gasteiger partial charge in [0.1, 0.15) is 6.33 Å². The van der Waals surface area contributed by atoms with Gasteiger partial charge in [-0.05, 0) is 38.7 Å². The highest BCUT2D eigenvalue weighted by molar-refractivity contribution is 5.29. The van der Waals surface area contributed by atoms with Crippen molar-refractivity contribution >= 4 is 0 Å². The molecule has 14 heavy (non-hydrogen) atoms. The molecule has 0 radical (unpaired) electrons. The van der Waals surface area contributed by atoms with Crippen molar-refractivity contribution in [2.45, 2.75) is 45.1 Å². The predicted molar refractivity (Wildman–Crippen MR) is 56.0 cm³/mol. The Balaban J connectivity index is 2.31. The number of hydrogen-bond acceptors (Lipinski definition) is 3. The highest BCUT2D eigenvalue weighted by atomic mass is 14.9. The second-order valence-corrected chi connectivity index (χ2v) is 4.76. The number of rotatable bonds is 2. The van der Waals surface area contributed by atoms with E-state index in [1.165, 1.54) is 17.7 Å². The monoisotopic (exact) mass is 191 g/mol. The zero-order valence-corrected chi connectivity index (χ0v) is 8.88. The van der Waals surface area contributed by atoms with E-state index in [1.54, 1.807) is 6.33 Å². The number of nitrogens with zero attached hydrogens (tertiary/aromatic N) is 2. The normalized spacial score (nSPS) is 15.6. The van der Waals surface area contributed by atoms with Gasteiger partial charge in [0.2, 0.25) is 0 Å². The first-order valence-corrected chi connectivity index (χ1v) is 5.17. The van der Waals surface area contributed by atoms with Crippen molar-refractivity contribution in [3.63, 3.8) is 0 Å². The lowest BCUT2D eigenvalue weighted by molar-refractivity contribution is 0.507. The molecular weight excluding hydrogens is 174 g/mol. The molecule has 3 nitrogen and oxygen atoms in total. The van der Waals surface area contributed by atoms with Crippen LogP contribution in [0.3, 0.4) is 0 Å². The first-order valence-electron chi connectivity index (χ1n) is 5.17. The molecule has 0 aromatic carbocycles. The van der Waals surface area contributed by atoms with E-state index in [1.807, 2.05) is 13.8 Å². The van der Waals surface area contributed by atoms with Gasteiger partial charge in [0.15, 0.2) is 0 Å². The van der Waals surface area contributed by atoms with E-state index in [2.05, 4.69) is 9.97 Å². The molecule has 2 rings (SSSR count). The summed E-state index contributed by atoms with van der Waals surface area (Å²) in [6, 6.07) is 0. The Morgan fingerprint density at radius 2 is 2.14 bits per heavy atom. The number of aromatic nitrogens is 2. The average molecular weight is 191 g/mol. The van der Waals surface area contributed by atoms with Crippen molar-refractivity contribution in [1.82, 2.24) is 9.97 Å². The molecule has 0 bridgehead atoms. The fourth-order valence-corrected chi connectivity index (χ4v) is 2.01. The summed E-state index contributed by atoms with van der Waals surface area (Å²) in [7, 11) is 0. The fourth-order valence-electron chi connectivity index (χ4n) is 2.01. The maximum Gasteiger partial charge on any atom is 0.115 e. The molecule has 0 saturated heterocycles. The molecule has 0 spiro atoms. The molecule has 1 heterocycles. The molecule has 1 aromatic rings. The summed E-state index contributed by atoms with van der Waals surface area (Å²) < 4.78 is 0. The summed E-state index contributed by atoms with van der Waals surface area (Å²) >= 11 is 0. The lowest BCUT2D eigenvalue weighted by Crippen LogP contribution is -2.35. The van der Waals surface area contributed by atoms with Crippen molar-refractivity contribution in [1.29, 1.82) is 0 Å². The van der Waals surface area contributed by atoms with Crippen LogP contribution in [0.1, 0.15) is 37.2 Å². The van der Waals surface area contributed by atoms with Gasteiger partial charge < -0.3 is 5.73 Å². The van der Waals surface area contributed by atoms with Gasteiger partial charge in [-0.15, -0.1) is 0 Å². The van der Waals surface area contributed by atoms with Crippen molar-refractivity contribution in [2.75, 3.05) is 0 Å². The van der Waals surface area contributed by atoms with Gasteiger partial charge in [-0.1, -0.05) is 0 Å². The Labute approximate surface area is 84.8 Å². The van der Waals surface area contributed by atoms with Crippen molar-refractivity contribution in [2.24, 2.45) is 5.73 Å². The first-order chi connectivity index (χ1) is 6.56. The molecule has 1 aliphatic rings. The molecule has 0 aliphatic heterocycles. The minimum absolute atomic E-state index is 0.176. The third-order valence-electron chi connectivity index (χ3n) is 2.59. The minimum Gasteiger partial charge on any atom is -0.325 e. The second kappa shape index (κ2) is 3.31. The molecule has 2 N–H and O–H groups in total. The van der Waals surface area contributed by atoms with Crippen LogP contribution in [0.5, 0.6) is 0 Å². The molecule has 0 unspecified atom stereocenters. The number of aryl methyl sites for hydroxylation is 1. The van der Waals surface area contributed by atoms with Crippen LogP contribution < -0.4 is 5.73 Å². The van der Waals surface area contributed by atoms with Gasteiger partial charge in [0.05, 0.1) is 0 Å². The van der Waals surface area contributed by atoms with Gasteiger partial charge in [-0.25, -0.2) is 9.97 Å². The molecule has 0 saturated carbocycles. The van der Waals surface area contributed by atoms with Crippen molar-refractivity contribution < 1.29 is 0 Å². The Bertz CT molecular complexity index is 339. The smallest absolute Gasteiger partial charge is 0.115 e. The molecule has 0 fully saturated rings. The van der Waals surface area contributed by atoms with Gasteiger partial charge in [-0.2, -0.15) is 0 Å². The molecule has 0 amide bonds. The van der Waals surface area contributed by atoms with Crippen LogP contribution in [0.2, 0.25) is 0 Å². The SMILES string of the molecule is CC(C)(N)Cc1ncnc2c1CCC2. The molecule has 1 aromatic heterocycles. The van der Waals surface area contributed by atoms with E-state index in [9.17, 15) is 0 Å². The summed E-state index contributed by atoms with van der Waals surface area (Å²) in [5, 5.41) is 0. The Kier molecular flexibility index (Phi) is 2.27. The molecule has 1 aliphatic carbocycles. The van der Waals surface area contributed by atoms with Crippen LogP contribution in [0.25, 0.3) is 0 Å². The number of nitrogens with two attached hydrogens (primary N) is 1. The molecule has 76 valence electrons. The number of fused-ring (bicyclic) bond motifs is 1. The lowest BCUT2D eigenvalue weighted by Gasteiger charge is -2.19. The average Bonchev–Trinajstić information content (AvgIpc) is 2.49. The first kappa shape index (κ1) is 9.59. The predicted octanol–water partition coefficient (Wildman–Crippen LogP) is 1.25. The van der Waals surface area contributed by atoms with Crippen LogP contribution in [-0.2, 0) is 19.3 Å². The fraction of sp³-hybridized carbons (Fsp3) is 0.636. The molecule has 3 heteroatoms. The van der Waals surface area contributed by atoms with E-state index in [0.29, 0.717) is 0 Å². The third kappa shape index (κ3) is 1.93. The lowest BCUT2D eigenvalue weighted by atomic mass is 9.97. The van der Waals surface area contributed by atoms with Gasteiger partial charge in [-0.3, -0.25) is 0 Å². The standard InChI is InChI=1S/C11H17N3/c1-11(2,12)6-10-8-4-3-5-9(8)13-7-14-10/h7H,3-6,12H2,1-2H3. The van der Waals surface area contributed by atoms with E-state index in [0.717, 1.165) is 25.0 Å². The van der Waals surface area contributed by atoms with Gasteiger partial charge in [0.25, 0.3) is 0 Å². The van der Waals surface area contributed by atoms with E-state index in [-0.39, 0.29) is 5.54 Å². The van der Waals surface area contributed by atoms with Gasteiger partial charge in [0, 0.05) is 23.3 Å². The summed E-state index contributed by atoms with van der Waals surface area (Å²) in [5.74, 6) is 0. The summed E-state index contributed by atoms with van der Waals surface area (Å²) in [5.41, 5.74) is 9.57. The quantitative estimate of drug-likeness (QED) is 0.765. The summed E-state index contributed by atoms with van der Waals surface area (Å²) in [6.07, 6.45) is 5.96. The zero-order chi connectivity index (χ0) is 10.2. The summed E-state index contributed by atoms with van der Waals surface area (Å²) in [6.45, 7) is 4.08. The third-order valence-corrected chi connectivity index (χ3v) is 2.59. The molecular formula is C11H17N3. The maximum absolute atomic E-state index is 6.00. The van der Waals surface area contributed by atoms with Crippen molar-refractivity contribution in [3.8, 4) is 0 Å². The highest BCUT2D eigenvalue weighted by Crippen LogP contribution is 2.23. The maximum atomic E-state index is 6.00. The topological polar surface area (TPSA) is 51.8 Å². The zero-order valence-electron chi connectivity index (χ0n) is 8.88. The van der Waals surface area contributed by atoms with Crippen LogP contribution in [-0.4, -0.2) is 15.5 Å². The van der Waals surface area contributed by atoms with Crippen LogP contribution in [0.4, 0.5) is 0 Å². The Morgan fingerprint density at radius 1 is 1.36 bits per heavy atom. The van der Waals surface area contributed by atoms with Crippen molar-refractivity contribution in [3.05, 3.63) is 23.3 Å². The van der Waals surface area contributed by atoms with Crippen LogP contribution >= 0.6 is 0 Å². The van der Waals surface area contributed by atoms with Crippen LogP contribution in [0.15, 0.2) is 6.33 Å². The largest absolute Gasteiger partial charge is 0.325 e. The van der Waals surface area contributed by atoms with Gasteiger partial charge >= 0.3 is 0 Å². The van der Waals surface area contributed by atoms with E-state index >= 15 is 0 Å². The Morgan fingerprint density at radius 3 is 2.86 bits per heavy atom. The highest BCUT2D eigenvalue weighted by Gasteiger charge is 2.20. The van der Waals surface area contributed by atoms with E-state index < -0.39 is 0 Å². The number of hydrogen-bond donors (Lipinski definition) is 1. The second-order valence-electron chi connectivity index (χ2n) is 4.76. The minimum atomic E-state index is -0.176. The van der Waals surface area contributed by atoms with Crippen LogP contribution in [0, 0.1) is 0 Å². The summed E-state index contributed by atoms with van der Waals surface area (Å²) in [4.78, 5) is 8.64. The molecule has 0 atom stereocenters. The Hall–Kier alpha value is -0.960.